The highest BCUT2D eigenvalue weighted by atomic mass is 35.6. The second-order valence-electron chi connectivity index (χ2n) is 1.56. The number of rotatable bonds is 2. The lowest BCUT2D eigenvalue weighted by Crippen LogP contribution is -2.45. The quantitative estimate of drug-likeness (QED) is 0.410. The average molecular weight is 245 g/mol. The summed E-state index contributed by atoms with van der Waals surface area (Å²) in [5.41, 5.74) is 0. The van der Waals surface area contributed by atoms with Crippen molar-refractivity contribution in [2.45, 2.75) is 6.55 Å². The van der Waals surface area contributed by atoms with Crippen LogP contribution in [-0.2, 0) is 0 Å². The van der Waals surface area contributed by atoms with Crippen LogP contribution in [0.25, 0.3) is 0 Å². The topological polar surface area (TPSA) is 3.24 Å². The first-order chi connectivity index (χ1) is 3.89. The monoisotopic (exact) mass is 243 g/mol. The molecular weight excluding hydrogens is 242 g/mol. The van der Waals surface area contributed by atoms with E-state index in [1.54, 1.807) is 6.55 Å². The van der Waals surface area contributed by atoms with Crippen molar-refractivity contribution < 1.29 is 0 Å². The van der Waals surface area contributed by atoms with Gasteiger partial charge in [0.05, 0.1) is 0 Å². The van der Waals surface area contributed by atoms with Gasteiger partial charge in [0.1, 0.15) is 0 Å². The van der Waals surface area contributed by atoms with Crippen LogP contribution < -0.4 is 0 Å². The molecule has 0 bridgehead atoms. The van der Waals surface area contributed by atoms with Gasteiger partial charge in [0.15, 0.2) is 0 Å². The maximum atomic E-state index is 5.74. The van der Waals surface area contributed by atoms with Crippen LogP contribution >= 0.6 is 57.6 Å². The van der Waals surface area contributed by atoms with E-state index in [-0.39, 0.29) is 0 Å². The maximum absolute atomic E-state index is 5.74. The van der Waals surface area contributed by atoms with E-state index >= 15 is 0 Å². The van der Waals surface area contributed by atoms with Gasteiger partial charge in [-0.25, -0.2) is 0 Å². The van der Waals surface area contributed by atoms with Crippen LogP contribution in [0, 0.1) is 0 Å². The highest BCUT2D eigenvalue weighted by molar-refractivity contribution is 7.75. The first-order valence-electron chi connectivity index (χ1n) is 1.98. The molecule has 0 fully saturated rings. The zero-order chi connectivity index (χ0) is 7.65. The molecule has 9 heavy (non-hydrogen) atoms. The molecule has 0 radical (unpaired) electrons. The Kier molecular flexibility index (Phi) is 4.64. The molecule has 0 saturated heterocycles. The minimum Gasteiger partial charge on any atom is -0.172 e. The molecule has 0 heterocycles. The second kappa shape index (κ2) is 3.91. The Morgan fingerprint density at radius 1 is 1.33 bits per heavy atom. The minimum atomic E-state index is -2.49. The predicted molar refractivity (Wildman–Crippen MR) is 48.5 cm³/mol. The molecule has 0 spiro atoms. The number of nitrogens with zero attached hydrogens (tertiary/aromatic N) is 1. The molecule has 8 heteroatoms. The summed E-state index contributed by atoms with van der Waals surface area (Å²) in [7, 11) is -2.49. The second-order valence-corrected chi connectivity index (χ2v) is 10.2. The molecule has 0 N–H and O–H groups in total. The van der Waals surface area contributed by atoms with Crippen LogP contribution in [0.1, 0.15) is 0 Å². The van der Waals surface area contributed by atoms with Crippen LogP contribution in [-0.4, -0.2) is 16.2 Å². The third-order valence-corrected chi connectivity index (χ3v) is 9.19. The molecule has 1 atom stereocenters. The highest BCUT2D eigenvalue weighted by Crippen LogP contribution is 2.26. The summed E-state index contributed by atoms with van der Waals surface area (Å²) in [5.74, 6) is 0. The summed E-state index contributed by atoms with van der Waals surface area (Å²) in [6.07, 6.45) is 0. The van der Waals surface area contributed by atoms with Gasteiger partial charge in [0, 0.05) is 0 Å². The summed E-state index contributed by atoms with van der Waals surface area (Å²) >= 11 is 27.3. The van der Waals surface area contributed by atoms with Crippen LogP contribution in [0.3, 0.4) is 0 Å². The normalized spacial score (nSPS) is 17.7. The van der Waals surface area contributed by atoms with Gasteiger partial charge in [-0.15, -0.1) is 14.7 Å². The lowest BCUT2D eigenvalue weighted by Gasteiger charge is -2.20. The molecule has 0 aromatic heterocycles. The molecule has 0 aromatic carbocycles. The zero-order valence-corrected chi connectivity index (χ0v) is 9.19. The molecule has 0 aromatic rings. The Bertz CT molecular complexity index is 85.0. The summed E-state index contributed by atoms with van der Waals surface area (Å²) < 4.78 is 0.846. The number of halogens is 5. The summed E-state index contributed by atoms with van der Waals surface area (Å²) in [6, 6.07) is 0. The molecule has 1 unspecified atom stereocenters. The van der Waals surface area contributed by atoms with E-state index in [0.29, 0.717) is 0 Å². The first-order valence-corrected chi connectivity index (χ1v) is 7.06. The van der Waals surface area contributed by atoms with Gasteiger partial charge < -0.3 is 0 Å². The van der Waals surface area contributed by atoms with E-state index in [1.807, 2.05) is 0 Å². The Morgan fingerprint density at radius 2 is 1.67 bits per heavy atom. The van der Waals surface area contributed by atoms with Crippen LogP contribution in [0.4, 0.5) is 0 Å². The van der Waals surface area contributed by atoms with Gasteiger partial charge in [-0.1, -0.05) is 0 Å². The fourth-order valence-corrected chi connectivity index (χ4v) is 1.99. The first kappa shape index (κ1) is 10.7. The number of hydrogen-bond donors (Lipinski definition) is 0. The van der Waals surface area contributed by atoms with E-state index < -0.39 is 12.6 Å². The third kappa shape index (κ3) is 3.06. The lowest BCUT2D eigenvalue weighted by atomic mass is 10.7. The Balaban J connectivity index is 4.01. The molecule has 1 nitrogen and oxygen atoms in total. The fraction of sp³-hybridized carbons (Fsp3) is 1.00. The summed E-state index contributed by atoms with van der Waals surface area (Å²) in [6.45, 7) is 1.64. The third-order valence-electron chi connectivity index (χ3n) is 0.729. The summed E-state index contributed by atoms with van der Waals surface area (Å²) in [4.78, 5) is 0. The van der Waals surface area contributed by atoms with Crippen molar-refractivity contribution in [1.82, 2.24) is 3.60 Å². The van der Waals surface area contributed by atoms with Gasteiger partial charge in [0.25, 0.3) is 7.42 Å². The molecule has 0 amide bonds. The standard InChI is InChI=1S/CH3BCl5NSi/c1-9(7,2(3)4)8(5)6/h1H3. The smallest absolute Gasteiger partial charge is 0.172 e. The molecule has 0 aliphatic heterocycles. The molecule has 0 rings (SSSR count). The van der Waals surface area contributed by atoms with Crippen molar-refractivity contribution in [2.75, 3.05) is 0 Å². The minimum absolute atomic E-state index is 0.700. The SMILES string of the molecule is C[Si](Cl)(B(Cl)Cl)N(Cl)Cl. The van der Waals surface area contributed by atoms with Crippen LogP contribution in [0.5, 0.6) is 0 Å². The van der Waals surface area contributed by atoms with Crippen molar-refractivity contribution >= 4 is 70.1 Å². The van der Waals surface area contributed by atoms with E-state index in [2.05, 4.69) is 0 Å². The Labute approximate surface area is 80.0 Å². The van der Waals surface area contributed by atoms with Crippen molar-refractivity contribution in [3.05, 3.63) is 0 Å². The van der Waals surface area contributed by atoms with Gasteiger partial charge in [0.2, 0.25) is 0 Å². The summed E-state index contributed by atoms with van der Waals surface area (Å²) in [5, 5.41) is -0.700. The van der Waals surface area contributed by atoms with Crippen molar-refractivity contribution in [2.24, 2.45) is 0 Å². The molecule has 54 valence electrons. The highest BCUT2D eigenvalue weighted by Gasteiger charge is 2.42. The van der Waals surface area contributed by atoms with E-state index in [1.165, 1.54) is 0 Å². The number of hydrogen-bond acceptors (Lipinski definition) is 1. The van der Waals surface area contributed by atoms with E-state index in [9.17, 15) is 0 Å². The Morgan fingerprint density at radius 3 is 1.67 bits per heavy atom. The van der Waals surface area contributed by atoms with Gasteiger partial charge in [-0.05, 0) is 30.1 Å². The van der Waals surface area contributed by atoms with E-state index in [0.717, 1.165) is 3.60 Å². The molecular formula is CH3BCl5NSi. The van der Waals surface area contributed by atoms with E-state index in [4.69, 9.17) is 57.6 Å². The lowest BCUT2D eigenvalue weighted by molar-refractivity contribution is 1.13. The maximum Gasteiger partial charge on any atom is 0.376 e. The van der Waals surface area contributed by atoms with Crippen molar-refractivity contribution in [3.8, 4) is 0 Å². The van der Waals surface area contributed by atoms with Gasteiger partial charge >= 0.3 is 5.14 Å². The fourth-order valence-electron chi connectivity index (χ4n) is 0.0738. The Hall–Kier alpha value is 1.69. The van der Waals surface area contributed by atoms with Gasteiger partial charge in [-0.3, -0.25) is 0 Å². The van der Waals surface area contributed by atoms with Crippen LogP contribution in [0.2, 0.25) is 6.55 Å². The van der Waals surface area contributed by atoms with Gasteiger partial charge in [-0.2, -0.15) is 22.9 Å². The van der Waals surface area contributed by atoms with Crippen molar-refractivity contribution in [3.63, 3.8) is 0 Å². The average Bonchev–Trinajstić information content (AvgIpc) is 1.65. The molecule has 0 aliphatic carbocycles. The predicted octanol–water partition coefficient (Wildman–Crippen LogP) is 2.95. The molecule has 0 saturated carbocycles. The van der Waals surface area contributed by atoms with Crippen LogP contribution in [0.15, 0.2) is 0 Å². The largest absolute Gasteiger partial charge is 0.376 e. The zero-order valence-electron chi connectivity index (χ0n) is 4.41. The molecule has 0 aliphatic rings. The van der Waals surface area contributed by atoms with Crippen molar-refractivity contribution in [1.29, 1.82) is 0 Å².